The van der Waals surface area contributed by atoms with E-state index in [2.05, 4.69) is 5.32 Å². The predicted molar refractivity (Wildman–Crippen MR) is 173 cm³/mol. The molecule has 0 spiro atoms. The highest BCUT2D eigenvalue weighted by Crippen LogP contribution is 2.26. The van der Waals surface area contributed by atoms with Crippen molar-refractivity contribution in [1.29, 1.82) is 0 Å². The van der Waals surface area contributed by atoms with E-state index in [1.807, 2.05) is 37.3 Å². The zero-order chi connectivity index (χ0) is 32.7. The van der Waals surface area contributed by atoms with Crippen LogP contribution < -0.4 is 9.62 Å². The van der Waals surface area contributed by atoms with Crippen molar-refractivity contribution in [2.24, 2.45) is 0 Å². The van der Waals surface area contributed by atoms with Crippen LogP contribution in [-0.2, 0) is 32.6 Å². The van der Waals surface area contributed by atoms with Crippen LogP contribution >= 0.6 is 0 Å². The zero-order valence-electron chi connectivity index (χ0n) is 25.6. The van der Waals surface area contributed by atoms with Gasteiger partial charge in [-0.1, -0.05) is 73.0 Å². The molecule has 1 aliphatic rings. The third-order valence-electron chi connectivity index (χ3n) is 8.24. The summed E-state index contributed by atoms with van der Waals surface area (Å²) in [7, 11) is -4.35. The van der Waals surface area contributed by atoms with Crippen molar-refractivity contribution >= 4 is 27.5 Å². The molecule has 1 fully saturated rings. The van der Waals surface area contributed by atoms with Gasteiger partial charge in [0.15, 0.2) is 0 Å². The largest absolute Gasteiger partial charge is 0.352 e. The second-order valence-corrected chi connectivity index (χ2v) is 13.5. The molecule has 7 nitrogen and oxygen atoms in total. The number of amides is 2. The summed E-state index contributed by atoms with van der Waals surface area (Å²) >= 11 is 0. The quantitative estimate of drug-likeness (QED) is 0.200. The monoisotopic (exact) mass is 645 g/mol. The van der Waals surface area contributed by atoms with Crippen molar-refractivity contribution in [2.75, 3.05) is 10.8 Å². The Bertz CT molecular complexity index is 1730. The van der Waals surface area contributed by atoms with E-state index in [0.717, 1.165) is 65.4 Å². The number of carbonyl (C=O) groups excluding carboxylic acids is 2. The minimum Gasteiger partial charge on any atom is -0.352 e. The molecule has 1 saturated carbocycles. The number of hydrogen-bond donors (Lipinski definition) is 1. The van der Waals surface area contributed by atoms with Gasteiger partial charge >= 0.3 is 0 Å². The fourth-order valence-electron chi connectivity index (χ4n) is 5.68. The fourth-order valence-corrected chi connectivity index (χ4v) is 7.10. The molecule has 1 N–H and O–H groups in total. The lowest BCUT2D eigenvalue weighted by Gasteiger charge is -2.34. The first kappa shape index (κ1) is 32.8. The molecule has 0 radical (unpaired) electrons. The van der Waals surface area contributed by atoms with Gasteiger partial charge in [-0.15, -0.1) is 0 Å². The summed E-state index contributed by atoms with van der Waals surface area (Å²) in [5.74, 6) is -2.01. The number of halogens is 2. The Balaban J connectivity index is 1.55. The first-order valence-electron chi connectivity index (χ1n) is 15.3. The molecule has 240 valence electrons. The van der Waals surface area contributed by atoms with Gasteiger partial charge in [0.1, 0.15) is 24.2 Å². The first-order chi connectivity index (χ1) is 22.1. The number of benzene rings is 4. The Morgan fingerprint density at radius 1 is 0.804 bits per heavy atom. The summed E-state index contributed by atoms with van der Waals surface area (Å²) in [5, 5.41) is 3.12. The number of nitrogens with zero attached hydrogens (tertiary/aromatic N) is 2. The molecular weight excluding hydrogens is 608 g/mol. The van der Waals surface area contributed by atoms with Crippen LogP contribution in [0.1, 0.15) is 42.4 Å². The molecule has 0 aliphatic heterocycles. The van der Waals surface area contributed by atoms with Crippen molar-refractivity contribution < 1.29 is 26.8 Å². The lowest BCUT2D eigenvalue weighted by atomic mass is 10.0. The number of nitrogens with one attached hydrogen (secondary N) is 1. The minimum atomic E-state index is -4.35. The highest BCUT2D eigenvalue weighted by atomic mass is 32.2. The molecule has 0 unspecified atom stereocenters. The van der Waals surface area contributed by atoms with Crippen LogP contribution in [0.3, 0.4) is 0 Å². The molecule has 5 rings (SSSR count). The maximum Gasteiger partial charge on any atom is 0.264 e. The van der Waals surface area contributed by atoms with Crippen molar-refractivity contribution in [3.8, 4) is 0 Å². The predicted octanol–water partition coefficient (Wildman–Crippen LogP) is 6.17. The van der Waals surface area contributed by atoms with Gasteiger partial charge in [-0.05, 0) is 79.4 Å². The van der Waals surface area contributed by atoms with E-state index in [9.17, 15) is 26.8 Å². The van der Waals surface area contributed by atoms with Gasteiger partial charge in [0.2, 0.25) is 11.8 Å². The lowest BCUT2D eigenvalue weighted by Crippen LogP contribution is -2.54. The molecule has 46 heavy (non-hydrogen) atoms. The Hall–Kier alpha value is -4.57. The molecule has 0 bridgehead atoms. The van der Waals surface area contributed by atoms with Crippen molar-refractivity contribution in [2.45, 2.75) is 62.6 Å². The SMILES string of the molecule is Cc1ccc(N(CC(=O)N(Cc2ccc(F)cc2)[C@@H](Cc2ccccc2)C(=O)NC2CCCC2)S(=O)(=O)c2ccc(F)cc2)cc1. The number of rotatable bonds is 12. The maximum atomic E-state index is 14.5. The highest BCUT2D eigenvalue weighted by molar-refractivity contribution is 7.92. The van der Waals surface area contributed by atoms with Crippen LogP contribution in [0.4, 0.5) is 14.5 Å². The van der Waals surface area contributed by atoms with Gasteiger partial charge in [0.05, 0.1) is 10.6 Å². The molecule has 0 aromatic heterocycles. The van der Waals surface area contributed by atoms with Crippen molar-refractivity contribution in [3.63, 3.8) is 0 Å². The van der Waals surface area contributed by atoms with E-state index in [0.29, 0.717) is 5.56 Å². The van der Waals surface area contributed by atoms with Gasteiger partial charge in [-0.3, -0.25) is 13.9 Å². The average molecular weight is 646 g/mol. The van der Waals surface area contributed by atoms with E-state index in [-0.39, 0.29) is 35.5 Å². The first-order valence-corrected chi connectivity index (χ1v) is 16.8. The van der Waals surface area contributed by atoms with Gasteiger partial charge < -0.3 is 10.2 Å². The normalized spacial score (nSPS) is 14.1. The van der Waals surface area contributed by atoms with Gasteiger partial charge in [0.25, 0.3) is 10.0 Å². The van der Waals surface area contributed by atoms with Gasteiger partial charge in [0, 0.05) is 19.0 Å². The molecule has 0 saturated heterocycles. The zero-order valence-corrected chi connectivity index (χ0v) is 26.4. The molecule has 0 heterocycles. The molecule has 10 heteroatoms. The third-order valence-corrected chi connectivity index (χ3v) is 10.0. The van der Waals surface area contributed by atoms with E-state index in [1.165, 1.54) is 29.2 Å². The minimum absolute atomic E-state index is 0.0172. The van der Waals surface area contributed by atoms with Crippen LogP contribution in [0.5, 0.6) is 0 Å². The molecular formula is C36H37F2N3O4S. The van der Waals surface area contributed by atoms with Crippen LogP contribution in [0.2, 0.25) is 0 Å². The molecule has 2 amide bonds. The van der Waals surface area contributed by atoms with Crippen LogP contribution in [0.15, 0.2) is 108 Å². The number of anilines is 1. The highest BCUT2D eigenvalue weighted by Gasteiger charge is 2.35. The van der Waals surface area contributed by atoms with Crippen LogP contribution in [0, 0.1) is 18.6 Å². The third kappa shape index (κ3) is 8.17. The molecule has 1 aliphatic carbocycles. The van der Waals surface area contributed by atoms with E-state index < -0.39 is 40.2 Å². The van der Waals surface area contributed by atoms with Crippen LogP contribution in [0.25, 0.3) is 0 Å². The van der Waals surface area contributed by atoms with E-state index in [1.54, 1.807) is 24.3 Å². The fraction of sp³-hybridized carbons (Fsp3) is 0.278. The second-order valence-electron chi connectivity index (χ2n) is 11.6. The van der Waals surface area contributed by atoms with Crippen molar-refractivity contribution in [1.82, 2.24) is 10.2 Å². The van der Waals surface area contributed by atoms with Gasteiger partial charge in [-0.2, -0.15) is 0 Å². The van der Waals surface area contributed by atoms with E-state index >= 15 is 0 Å². The summed E-state index contributed by atoms with van der Waals surface area (Å²) in [6.45, 7) is 1.16. The Morgan fingerprint density at radius 2 is 1.39 bits per heavy atom. The Kier molecular flexibility index (Phi) is 10.5. The summed E-state index contributed by atoms with van der Waals surface area (Å²) in [5.41, 5.74) is 2.52. The molecule has 1 atom stereocenters. The summed E-state index contributed by atoms with van der Waals surface area (Å²) < 4.78 is 56.6. The second kappa shape index (κ2) is 14.7. The number of carbonyl (C=O) groups is 2. The van der Waals surface area contributed by atoms with Crippen LogP contribution in [-0.4, -0.2) is 43.8 Å². The summed E-state index contributed by atoms with van der Waals surface area (Å²) in [6.07, 6.45) is 3.86. The number of hydrogen-bond acceptors (Lipinski definition) is 4. The molecule has 4 aromatic carbocycles. The van der Waals surface area contributed by atoms with E-state index in [4.69, 9.17) is 0 Å². The smallest absolute Gasteiger partial charge is 0.264 e. The lowest BCUT2D eigenvalue weighted by molar-refractivity contribution is -0.140. The number of aryl methyl sites for hydroxylation is 1. The van der Waals surface area contributed by atoms with Gasteiger partial charge in [-0.25, -0.2) is 17.2 Å². The maximum absolute atomic E-state index is 14.5. The Morgan fingerprint density at radius 3 is 2.00 bits per heavy atom. The summed E-state index contributed by atoms with van der Waals surface area (Å²) in [6, 6.07) is 25.0. The average Bonchev–Trinajstić information content (AvgIpc) is 3.56. The molecule has 4 aromatic rings. The Labute approximate surface area is 268 Å². The van der Waals surface area contributed by atoms with Crippen molar-refractivity contribution in [3.05, 3.63) is 131 Å². The number of sulfonamides is 1. The standard InChI is InChI=1S/C36H37F2N3O4S/c1-26-11-19-32(20-12-26)41(46(44,45)33-21-17-30(38)18-22-33)25-35(42)40(24-28-13-15-29(37)16-14-28)34(23-27-7-3-2-4-8-27)36(43)39-31-9-5-6-10-31/h2-4,7-8,11-22,31,34H,5-6,9-10,23-25H2,1H3,(H,39,43)/t34-/m0/s1. The topological polar surface area (TPSA) is 86.8 Å². The summed E-state index contributed by atoms with van der Waals surface area (Å²) in [4.78, 5) is 29.7.